The van der Waals surface area contributed by atoms with E-state index in [0.717, 1.165) is 12.8 Å². The van der Waals surface area contributed by atoms with E-state index in [4.69, 9.17) is 4.74 Å². The summed E-state index contributed by atoms with van der Waals surface area (Å²) in [5.41, 5.74) is 0. The van der Waals surface area contributed by atoms with Crippen LogP contribution in [-0.2, 0) is 9.53 Å². The van der Waals surface area contributed by atoms with Crippen LogP contribution in [0.2, 0.25) is 0 Å². The Labute approximate surface area is 182 Å². The summed E-state index contributed by atoms with van der Waals surface area (Å²) in [6.07, 6.45) is 8.91. The zero-order chi connectivity index (χ0) is 22.4. The summed E-state index contributed by atoms with van der Waals surface area (Å²) in [6.45, 7) is 3.93. The Morgan fingerprint density at radius 1 is 0.833 bits per heavy atom. The van der Waals surface area contributed by atoms with Crippen molar-refractivity contribution < 1.29 is 30.0 Å². The highest BCUT2D eigenvalue weighted by molar-refractivity contribution is 5.79. The molecular formula is C23H45NO6. The third-order valence-corrected chi connectivity index (χ3v) is 6.17. The van der Waals surface area contributed by atoms with E-state index in [1.54, 1.807) is 6.92 Å². The van der Waals surface area contributed by atoms with Crippen molar-refractivity contribution in [3.05, 3.63) is 0 Å². The lowest BCUT2D eigenvalue weighted by molar-refractivity contribution is -0.238. The van der Waals surface area contributed by atoms with Gasteiger partial charge in [0.1, 0.15) is 24.4 Å². The molecule has 0 radical (unpaired) electrons. The normalized spacial score (nSPS) is 27.7. The Balaban J connectivity index is 2.10. The molecule has 1 amide bonds. The summed E-state index contributed by atoms with van der Waals surface area (Å²) in [7, 11) is 0. The predicted molar refractivity (Wildman–Crippen MR) is 117 cm³/mol. The molecule has 1 aliphatic heterocycles. The Hall–Kier alpha value is -0.730. The molecule has 0 bridgehead atoms. The van der Waals surface area contributed by atoms with Crippen molar-refractivity contribution in [2.45, 2.75) is 121 Å². The maximum atomic E-state index is 12.4. The molecule has 7 nitrogen and oxygen atoms in total. The van der Waals surface area contributed by atoms with Gasteiger partial charge in [0, 0.05) is 6.54 Å². The highest BCUT2D eigenvalue weighted by Gasteiger charge is 2.46. The van der Waals surface area contributed by atoms with Crippen molar-refractivity contribution >= 4 is 5.91 Å². The molecule has 1 heterocycles. The van der Waals surface area contributed by atoms with Crippen LogP contribution in [0.25, 0.3) is 0 Å². The van der Waals surface area contributed by atoms with Crippen LogP contribution in [0.15, 0.2) is 0 Å². The number of nitrogens with one attached hydrogen (secondary N) is 1. The topological polar surface area (TPSA) is 119 Å². The molecule has 0 aromatic carbocycles. The second-order valence-corrected chi connectivity index (χ2v) is 8.76. The lowest BCUT2D eigenvalue weighted by Gasteiger charge is -2.41. The van der Waals surface area contributed by atoms with Gasteiger partial charge in [0.25, 0.3) is 0 Å². The van der Waals surface area contributed by atoms with Crippen molar-refractivity contribution in [1.29, 1.82) is 0 Å². The van der Waals surface area contributed by atoms with E-state index in [1.807, 2.05) is 0 Å². The number of unbranched alkanes of at least 4 members (excludes halogenated alkanes) is 11. The van der Waals surface area contributed by atoms with Gasteiger partial charge in [-0.25, -0.2) is 0 Å². The van der Waals surface area contributed by atoms with Crippen molar-refractivity contribution in [2.24, 2.45) is 5.92 Å². The third kappa shape index (κ3) is 9.60. The van der Waals surface area contributed by atoms with Crippen LogP contribution >= 0.6 is 0 Å². The minimum Gasteiger partial charge on any atom is -0.394 e. The van der Waals surface area contributed by atoms with E-state index in [1.165, 1.54) is 64.2 Å². The molecule has 5 N–H and O–H groups in total. The zero-order valence-corrected chi connectivity index (χ0v) is 19.0. The van der Waals surface area contributed by atoms with E-state index < -0.39 is 43.0 Å². The number of carbonyl (C=O) groups excluding carboxylic acids is 1. The summed E-state index contributed by atoms with van der Waals surface area (Å²) in [4.78, 5) is 12.4. The molecular weight excluding hydrogens is 386 g/mol. The van der Waals surface area contributed by atoms with Gasteiger partial charge in [-0.2, -0.15) is 0 Å². The molecule has 1 saturated heterocycles. The maximum absolute atomic E-state index is 12.4. The number of aliphatic hydroxyl groups is 4. The molecule has 0 saturated carbocycles. The lowest BCUT2D eigenvalue weighted by Crippen LogP contribution is -2.61. The van der Waals surface area contributed by atoms with E-state index in [2.05, 4.69) is 12.2 Å². The van der Waals surface area contributed by atoms with Gasteiger partial charge in [-0.05, 0) is 6.42 Å². The van der Waals surface area contributed by atoms with E-state index in [9.17, 15) is 25.2 Å². The summed E-state index contributed by atoms with van der Waals surface area (Å²) >= 11 is 0. The number of rotatable bonds is 16. The van der Waals surface area contributed by atoms with Gasteiger partial charge >= 0.3 is 0 Å². The summed E-state index contributed by atoms with van der Waals surface area (Å²) in [6, 6.07) is 0. The number of carbonyl (C=O) groups is 1. The number of hydrogen-bond donors (Lipinski definition) is 5. The van der Waals surface area contributed by atoms with Crippen LogP contribution in [0.5, 0.6) is 0 Å². The molecule has 2 unspecified atom stereocenters. The fraction of sp³-hybridized carbons (Fsp3) is 0.957. The standard InChI is InChI=1S/C23H45NO6/c1-3-4-5-6-7-8-9-10-11-12-13-14-15-24-23(29)17(2)22-21(28)20(27)19(26)18(16-25)30-22/h17-22,25-28H,3-16H2,1-2H3,(H,24,29)/t17?,18-,19+,20+,21-,22?/m1/s1. The second-order valence-electron chi connectivity index (χ2n) is 8.76. The van der Waals surface area contributed by atoms with Crippen LogP contribution in [0.1, 0.15) is 90.9 Å². The zero-order valence-electron chi connectivity index (χ0n) is 19.0. The van der Waals surface area contributed by atoms with Crippen LogP contribution in [0, 0.1) is 5.92 Å². The van der Waals surface area contributed by atoms with Crippen LogP contribution in [0.3, 0.4) is 0 Å². The average molecular weight is 432 g/mol. The van der Waals surface area contributed by atoms with Crippen molar-refractivity contribution in [1.82, 2.24) is 5.32 Å². The first kappa shape index (κ1) is 27.3. The quantitative estimate of drug-likeness (QED) is 0.239. The Kier molecular flexibility index (Phi) is 14.5. The second kappa shape index (κ2) is 16.0. The van der Waals surface area contributed by atoms with Gasteiger partial charge in [0.05, 0.1) is 18.6 Å². The minimum absolute atomic E-state index is 0.262. The first-order chi connectivity index (χ1) is 14.4. The van der Waals surface area contributed by atoms with E-state index in [0.29, 0.717) is 6.54 Å². The number of hydrogen-bond acceptors (Lipinski definition) is 6. The number of amides is 1. The van der Waals surface area contributed by atoms with E-state index in [-0.39, 0.29) is 5.91 Å². The molecule has 0 aliphatic carbocycles. The molecule has 178 valence electrons. The van der Waals surface area contributed by atoms with Gasteiger partial charge < -0.3 is 30.5 Å². The molecule has 7 heteroatoms. The Morgan fingerprint density at radius 3 is 1.83 bits per heavy atom. The van der Waals surface area contributed by atoms with Crippen molar-refractivity contribution in [3.8, 4) is 0 Å². The molecule has 0 aromatic rings. The SMILES string of the molecule is CCCCCCCCCCCCCCNC(=O)C(C)C1O[C@H](CO)[C@H](O)[C@H](O)[C@H]1O. The lowest BCUT2D eigenvalue weighted by atomic mass is 9.88. The van der Waals surface area contributed by atoms with Crippen molar-refractivity contribution in [3.63, 3.8) is 0 Å². The minimum atomic E-state index is -1.45. The number of aliphatic hydroxyl groups excluding tert-OH is 4. The molecule has 1 rings (SSSR count). The van der Waals surface area contributed by atoms with E-state index >= 15 is 0 Å². The van der Waals surface area contributed by atoms with Crippen molar-refractivity contribution in [2.75, 3.05) is 13.2 Å². The fourth-order valence-corrected chi connectivity index (χ4v) is 4.03. The molecule has 1 aliphatic rings. The van der Waals surface area contributed by atoms with Gasteiger partial charge in [0.15, 0.2) is 0 Å². The summed E-state index contributed by atoms with van der Waals surface area (Å²) < 4.78 is 5.46. The van der Waals surface area contributed by atoms with Gasteiger partial charge in [-0.3, -0.25) is 4.79 Å². The predicted octanol–water partition coefficient (Wildman–Crippen LogP) is 2.28. The Morgan fingerprint density at radius 2 is 1.33 bits per heavy atom. The first-order valence-electron chi connectivity index (χ1n) is 12.0. The van der Waals surface area contributed by atoms with Gasteiger partial charge in [-0.1, -0.05) is 84.5 Å². The van der Waals surface area contributed by atoms with Crippen LogP contribution in [-0.4, -0.2) is 70.0 Å². The largest absolute Gasteiger partial charge is 0.394 e. The highest BCUT2D eigenvalue weighted by atomic mass is 16.5. The Bertz CT molecular complexity index is 447. The number of ether oxygens (including phenoxy) is 1. The molecule has 1 fully saturated rings. The van der Waals surface area contributed by atoms with Crippen LogP contribution in [0.4, 0.5) is 0 Å². The monoisotopic (exact) mass is 431 g/mol. The molecule has 0 aromatic heterocycles. The van der Waals surface area contributed by atoms with Crippen LogP contribution < -0.4 is 5.32 Å². The summed E-state index contributed by atoms with van der Waals surface area (Å²) in [5.74, 6) is -0.962. The summed E-state index contributed by atoms with van der Waals surface area (Å²) in [5, 5.41) is 42.0. The maximum Gasteiger partial charge on any atom is 0.225 e. The highest BCUT2D eigenvalue weighted by Crippen LogP contribution is 2.26. The smallest absolute Gasteiger partial charge is 0.225 e. The fourth-order valence-electron chi connectivity index (χ4n) is 4.03. The molecule has 6 atom stereocenters. The third-order valence-electron chi connectivity index (χ3n) is 6.17. The van der Waals surface area contributed by atoms with Gasteiger partial charge in [-0.15, -0.1) is 0 Å². The molecule has 30 heavy (non-hydrogen) atoms. The average Bonchev–Trinajstić information content (AvgIpc) is 2.75. The molecule has 0 spiro atoms. The first-order valence-corrected chi connectivity index (χ1v) is 12.0. The van der Waals surface area contributed by atoms with Gasteiger partial charge in [0.2, 0.25) is 5.91 Å².